The first-order chi connectivity index (χ1) is 14.2. The van der Waals surface area contributed by atoms with E-state index in [2.05, 4.69) is 27.0 Å². The fourth-order valence-electron chi connectivity index (χ4n) is 5.01. The average molecular weight is 390 g/mol. The minimum absolute atomic E-state index is 0.102. The Morgan fingerprint density at radius 1 is 1.07 bits per heavy atom. The van der Waals surface area contributed by atoms with Crippen molar-refractivity contribution in [1.29, 1.82) is 0 Å². The number of fused-ring (bicyclic) bond motifs is 2. The molecule has 0 unspecified atom stereocenters. The monoisotopic (exact) mass is 390 g/mol. The van der Waals surface area contributed by atoms with E-state index in [4.69, 9.17) is 9.15 Å². The second kappa shape index (κ2) is 6.29. The Kier molecular flexibility index (Phi) is 3.68. The van der Waals surface area contributed by atoms with Crippen molar-refractivity contribution in [3.63, 3.8) is 0 Å². The summed E-state index contributed by atoms with van der Waals surface area (Å²) in [4.78, 5) is 26.2. The van der Waals surface area contributed by atoms with Crippen molar-refractivity contribution in [3.8, 4) is 0 Å². The van der Waals surface area contributed by atoms with Crippen LogP contribution in [0, 0.1) is 0 Å². The Hall–Kier alpha value is -2.93. The first-order valence-electron chi connectivity index (χ1n) is 10.2. The topological polar surface area (TPSA) is 71.7 Å². The van der Waals surface area contributed by atoms with Gasteiger partial charge >= 0.3 is 0 Å². The number of nitrogens with zero attached hydrogens (tertiary/aromatic N) is 4. The lowest BCUT2D eigenvalue weighted by molar-refractivity contribution is -0.140. The van der Waals surface area contributed by atoms with Gasteiger partial charge < -0.3 is 19.0 Å². The van der Waals surface area contributed by atoms with Crippen LogP contribution in [0.1, 0.15) is 37.3 Å². The summed E-state index contributed by atoms with van der Waals surface area (Å²) < 4.78 is 12.3. The van der Waals surface area contributed by atoms with E-state index in [1.165, 1.54) is 5.56 Å². The van der Waals surface area contributed by atoms with Gasteiger partial charge in [-0.3, -0.25) is 9.78 Å². The van der Waals surface area contributed by atoms with Gasteiger partial charge in [0.25, 0.3) is 11.9 Å². The molecule has 1 aromatic carbocycles. The average Bonchev–Trinajstić information content (AvgIpc) is 3.44. The molecular weight excluding hydrogens is 368 g/mol. The summed E-state index contributed by atoms with van der Waals surface area (Å²) in [5, 5.41) is 0. The van der Waals surface area contributed by atoms with Gasteiger partial charge in [-0.15, -0.1) is 0 Å². The fourth-order valence-corrected chi connectivity index (χ4v) is 5.01. The van der Waals surface area contributed by atoms with Crippen LogP contribution < -0.4 is 4.90 Å². The van der Waals surface area contributed by atoms with Crippen LogP contribution in [-0.4, -0.2) is 45.7 Å². The molecule has 2 aromatic heterocycles. The number of hydrogen-bond donors (Lipinski definition) is 0. The van der Waals surface area contributed by atoms with Crippen molar-refractivity contribution >= 4 is 23.0 Å². The van der Waals surface area contributed by atoms with Gasteiger partial charge in [0.1, 0.15) is 11.7 Å². The summed E-state index contributed by atoms with van der Waals surface area (Å²) >= 11 is 0. The summed E-state index contributed by atoms with van der Waals surface area (Å²) in [6, 6.07) is 12.8. The zero-order valence-electron chi connectivity index (χ0n) is 16.0. The minimum Gasteiger partial charge on any atom is -0.423 e. The molecule has 0 bridgehead atoms. The molecule has 1 amide bonds. The molecule has 3 aliphatic heterocycles. The Morgan fingerprint density at radius 2 is 1.90 bits per heavy atom. The van der Waals surface area contributed by atoms with Crippen molar-refractivity contribution < 1.29 is 13.9 Å². The summed E-state index contributed by atoms with van der Waals surface area (Å²) in [6.45, 7) is 1.37. The Bertz CT molecular complexity index is 1030. The minimum atomic E-state index is -0.706. The van der Waals surface area contributed by atoms with Crippen molar-refractivity contribution in [2.75, 3.05) is 18.0 Å². The lowest BCUT2D eigenvalue weighted by Crippen LogP contribution is -2.50. The van der Waals surface area contributed by atoms with E-state index in [0.29, 0.717) is 31.9 Å². The Morgan fingerprint density at radius 3 is 2.69 bits per heavy atom. The van der Waals surface area contributed by atoms with Crippen LogP contribution in [0.3, 0.4) is 0 Å². The van der Waals surface area contributed by atoms with Crippen LogP contribution in [0.15, 0.2) is 53.2 Å². The number of anilines is 1. The van der Waals surface area contributed by atoms with E-state index in [1.54, 1.807) is 12.4 Å². The number of amides is 1. The van der Waals surface area contributed by atoms with Gasteiger partial charge in [-0.1, -0.05) is 30.3 Å². The van der Waals surface area contributed by atoms with Gasteiger partial charge in [0, 0.05) is 38.2 Å². The van der Waals surface area contributed by atoms with E-state index < -0.39 is 5.60 Å². The maximum absolute atomic E-state index is 13.5. The molecule has 3 fully saturated rings. The molecule has 2 atom stereocenters. The lowest BCUT2D eigenvalue weighted by Gasteiger charge is -2.36. The van der Waals surface area contributed by atoms with Gasteiger partial charge in [0.15, 0.2) is 11.2 Å². The smallest absolute Gasteiger partial charge is 0.298 e. The molecule has 0 radical (unpaired) electrons. The third kappa shape index (κ3) is 2.57. The highest BCUT2D eigenvalue weighted by atomic mass is 16.6. The van der Waals surface area contributed by atoms with E-state index in [-0.39, 0.29) is 18.2 Å². The zero-order chi connectivity index (χ0) is 19.4. The molecular formula is C22H22N4O3. The first kappa shape index (κ1) is 17.0. The molecule has 0 N–H and O–H groups in total. The number of piperidine rings is 1. The number of benzene rings is 1. The van der Waals surface area contributed by atoms with Crippen molar-refractivity contribution in [2.45, 2.75) is 43.6 Å². The van der Waals surface area contributed by atoms with Gasteiger partial charge in [-0.2, -0.15) is 4.98 Å². The zero-order valence-corrected chi connectivity index (χ0v) is 16.0. The SMILES string of the molecule is O=C1N2[C@@H](CC[C@H]2c2ccccc2)OC12CCN(c1nc3cnccc3o1)CC2. The summed E-state index contributed by atoms with van der Waals surface area (Å²) in [6.07, 6.45) is 6.46. The van der Waals surface area contributed by atoms with Gasteiger partial charge in [-0.05, 0) is 18.4 Å². The quantitative estimate of drug-likeness (QED) is 0.669. The van der Waals surface area contributed by atoms with E-state index in [9.17, 15) is 4.79 Å². The Labute approximate surface area is 168 Å². The number of oxazole rings is 1. The molecule has 3 aliphatic rings. The molecule has 3 saturated heterocycles. The number of pyridine rings is 1. The van der Waals surface area contributed by atoms with Gasteiger partial charge in [0.2, 0.25) is 0 Å². The van der Waals surface area contributed by atoms with Crippen LogP contribution in [-0.2, 0) is 9.53 Å². The van der Waals surface area contributed by atoms with E-state index in [1.807, 2.05) is 29.2 Å². The van der Waals surface area contributed by atoms with Crippen LogP contribution in [0.4, 0.5) is 6.01 Å². The highest BCUT2D eigenvalue weighted by Crippen LogP contribution is 2.47. The number of rotatable bonds is 2. The van der Waals surface area contributed by atoms with Crippen LogP contribution in [0.2, 0.25) is 0 Å². The summed E-state index contributed by atoms with van der Waals surface area (Å²) in [5.41, 5.74) is 1.97. The fraction of sp³-hybridized carbons (Fsp3) is 0.409. The van der Waals surface area contributed by atoms with Crippen molar-refractivity contribution in [2.24, 2.45) is 0 Å². The maximum Gasteiger partial charge on any atom is 0.298 e. The van der Waals surface area contributed by atoms with E-state index in [0.717, 1.165) is 23.9 Å². The number of hydrogen-bond acceptors (Lipinski definition) is 6. The lowest BCUT2D eigenvalue weighted by atomic mass is 9.89. The molecule has 5 heterocycles. The predicted molar refractivity (Wildman–Crippen MR) is 106 cm³/mol. The first-order valence-corrected chi connectivity index (χ1v) is 10.2. The van der Waals surface area contributed by atoms with Crippen molar-refractivity contribution in [1.82, 2.24) is 14.9 Å². The highest BCUT2D eigenvalue weighted by Gasteiger charge is 2.58. The Balaban J connectivity index is 1.21. The number of carbonyl (C=O) groups excluding carboxylic acids is 1. The predicted octanol–water partition coefficient (Wildman–Crippen LogP) is 3.28. The second-order valence-corrected chi connectivity index (χ2v) is 8.11. The largest absolute Gasteiger partial charge is 0.423 e. The van der Waals surface area contributed by atoms with Crippen LogP contribution >= 0.6 is 0 Å². The molecule has 148 valence electrons. The maximum atomic E-state index is 13.5. The molecule has 0 aliphatic carbocycles. The highest BCUT2D eigenvalue weighted by molar-refractivity contribution is 5.88. The van der Waals surface area contributed by atoms with Crippen LogP contribution in [0.25, 0.3) is 11.1 Å². The molecule has 3 aromatic rings. The summed E-state index contributed by atoms with van der Waals surface area (Å²) in [7, 11) is 0. The normalized spacial score (nSPS) is 25.9. The molecule has 7 heteroatoms. The molecule has 6 rings (SSSR count). The van der Waals surface area contributed by atoms with Gasteiger partial charge in [-0.25, -0.2) is 0 Å². The number of ether oxygens (including phenoxy) is 1. The van der Waals surface area contributed by atoms with E-state index >= 15 is 0 Å². The van der Waals surface area contributed by atoms with Crippen molar-refractivity contribution in [3.05, 3.63) is 54.4 Å². The van der Waals surface area contributed by atoms with Gasteiger partial charge in [0.05, 0.1) is 12.2 Å². The molecule has 29 heavy (non-hydrogen) atoms. The standard InChI is InChI=1S/C22H22N4O3/c27-20-22(29-19-7-6-17(26(19)20)15-4-2-1-3-5-15)9-12-25(13-10-22)21-24-16-14-23-11-8-18(16)28-21/h1-5,8,11,14,17,19H,6-7,9-10,12-13H2/t17-,19+/m0/s1. The van der Waals surface area contributed by atoms with Crippen LogP contribution in [0.5, 0.6) is 0 Å². The third-order valence-corrected chi connectivity index (χ3v) is 6.52. The number of aromatic nitrogens is 2. The summed E-state index contributed by atoms with van der Waals surface area (Å²) in [5.74, 6) is 0.148. The number of carbonyl (C=O) groups is 1. The second-order valence-electron chi connectivity index (χ2n) is 8.11. The molecule has 0 saturated carbocycles. The third-order valence-electron chi connectivity index (χ3n) is 6.52. The molecule has 1 spiro atoms. The molecule has 7 nitrogen and oxygen atoms in total.